The van der Waals surface area contributed by atoms with Gasteiger partial charge >= 0.3 is 0 Å². The van der Waals surface area contributed by atoms with E-state index in [1.165, 1.54) is 11.8 Å². The van der Waals surface area contributed by atoms with Crippen LogP contribution in [0.4, 0.5) is 0 Å². The highest BCUT2D eigenvalue weighted by atomic mass is 35.5. The predicted octanol–water partition coefficient (Wildman–Crippen LogP) is 2.98. The average Bonchev–Trinajstić information content (AvgIpc) is 2.93. The van der Waals surface area contributed by atoms with Crippen molar-refractivity contribution in [3.63, 3.8) is 0 Å². The number of sulfone groups is 1. The molecule has 2 aliphatic rings. The summed E-state index contributed by atoms with van der Waals surface area (Å²) in [5, 5.41) is 1.18. The molecule has 5 nitrogen and oxygen atoms in total. The summed E-state index contributed by atoms with van der Waals surface area (Å²) in [5.74, 6) is 0.315. The maximum absolute atomic E-state index is 12.1. The Labute approximate surface area is 157 Å². The molecule has 136 valence electrons. The van der Waals surface area contributed by atoms with Gasteiger partial charge in [0, 0.05) is 23.2 Å². The van der Waals surface area contributed by atoms with E-state index in [9.17, 15) is 13.2 Å². The lowest BCUT2D eigenvalue weighted by molar-refractivity contribution is -0.118. The maximum Gasteiger partial charge on any atom is 0.248 e. The van der Waals surface area contributed by atoms with Crippen LogP contribution in [0.5, 0.6) is 0 Å². The number of carbonyl (C=O) groups is 1. The monoisotopic (exact) mass is 400 g/mol. The van der Waals surface area contributed by atoms with Gasteiger partial charge in [0.15, 0.2) is 15.0 Å². The molecule has 2 atom stereocenters. The molecule has 1 aromatic carbocycles. The Morgan fingerprint density at radius 3 is 2.76 bits per heavy atom. The molecule has 3 rings (SSSR count). The van der Waals surface area contributed by atoms with Crippen LogP contribution in [0.25, 0.3) is 0 Å². The first-order valence-electron chi connectivity index (χ1n) is 8.24. The van der Waals surface area contributed by atoms with Crippen LogP contribution in [0.3, 0.4) is 0 Å². The second kappa shape index (κ2) is 7.29. The number of nitrogens with zero attached hydrogens (tertiary/aromatic N) is 2. The van der Waals surface area contributed by atoms with Gasteiger partial charge in [0.1, 0.15) is 0 Å². The molecule has 0 radical (unpaired) electrons. The van der Waals surface area contributed by atoms with Crippen LogP contribution < -0.4 is 0 Å². The molecule has 0 bridgehead atoms. The van der Waals surface area contributed by atoms with Crippen LogP contribution in [0, 0.1) is 5.92 Å². The molecule has 2 fully saturated rings. The van der Waals surface area contributed by atoms with Crippen molar-refractivity contribution in [2.75, 3.05) is 11.5 Å². The first-order valence-corrected chi connectivity index (χ1v) is 11.3. The maximum atomic E-state index is 12.1. The number of halogens is 1. The molecule has 1 amide bonds. The molecule has 25 heavy (non-hydrogen) atoms. The smallest absolute Gasteiger partial charge is 0.248 e. The van der Waals surface area contributed by atoms with Gasteiger partial charge in [-0.25, -0.2) is 8.42 Å². The van der Waals surface area contributed by atoms with Crippen molar-refractivity contribution in [1.82, 2.24) is 4.90 Å². The molecule has 0 unspecified atom stereocenters. The van der Waals surface area contributed by atoms with Gasteiger partial charge in [-0.1, -0.05) is 55.4 Å². The standard InChI is InChI=1S/C17H21ClN2O3S2/c1-11(2)7-16(21)19-17-20(8-12-5-3-4-6-13(12)18)14-9-25(22,23)10-15(14)24-17/h3-6,11,14-15H,7-10H2,1-2H3/t14-,15+/m1/s1. The van der Waals surface area contributed by atoms with E-state index >= 15 is 0 Å². The number of hydrogen-bond acceptors (Lipinski definition) is 4. The zero-order valence-electron chi connectivity index (χ0n) is 14.2. The van der Waals surface area contributed by atoms with Gasteiger partial charge in [-0.2, -0.15) is 4.99 Å². The lowest BCUT2D eigenvalue weighted by Gasteiger charge is -2.25. The quantitative estimate of drug-likeness (QED) is 0.777. The third kappa shape index (κ3) is 4.38. The van der Waals surface area contributed by atoms with Gasteiger partial charge in [-0.3, -0.25) is 4.79 Å². The van der Waals surface area contributed by atoms with E-state index in [0.717, 1.165) is 5.56 Å². The van der Waals surface area contributed by atoms with Gasteiger partial charge in [0.25, 0.3) is 0 Å². The van der Waals surface area contributed by atoms with E-state index in [2.05, 4.69) is 4.99 Å². The van der Waals surface area contributed by atoms with Crippen LogP contribution in [-0.4, -0.2) is 47.2 Å². The second-order valence-corrected chi connectivity index (χ2v) is 10.7. The summed E-state index contributed by atoms with van der Waals surface area (Å²) in [4.78, 5) is 18.4. The molecule has 1 aromatic rings. The van der Waals surface area contributed by atoms with Crippen molar-refractivity contribution in [2.45, 2.75) is 38.1 Å². The number of fused-ring (bicyclic) bond motifs is 1. The number of amides is 1. The molecule has 0 aliphatic carbocycles. The SMILES string of the molecule is CC(C)CC(=O)N=C1S[C@H]2CS(=O)(=O)C[C@H]2N1Cc1ccccc1Cl. The molecule has 2 saturated heterocycles. The summed E-state index contributed by atoms with van der Waals surface area (Å²) in [6.07, 6.45) is 0.387. The van der Waals surface area contributed by atoms with Crippen LogP contribution in [-0.2, 0) is 21.2 Å². The first-order chi connectivity index (χ1) is 11.7. The Bertz CT molecular complexity index is 808. The summed E-state index contributed by atoms with van der Waals surface area (Å²) in [7, 11) is -3.05. The highest BCUT2D eigenvalue weighted by molar-refractivity contribution is 8.15. The molecular weight excluding hydrogens is 380 g/mol. The number of rotatable bonds is 4. The van der Waals surface area contributed by atoms with Crippen LogP contribution >= 0.6 is 23.4 Å². The minimum absolute atomic E-state index is 0.0712. The molecule has 0 saturated carbocycles. The van der Waals surface area contributed by atoms with E-state index in [4.69, 9.17) is 11.6 Å². The lowest BCUT2D eigenvalue weighted by Crippen LogP contribution is -2.37. The Morgan fingerprint density at radius 2 is 2.08 bits per heavy atom. The Kier molecular flexibility index (Phi) is 5.46. The van der Waals surface area contributed by atoms with Crippen molar-refractivity contribution < 1.29 is 13.2 Å². The van der Waals surface area contributed by atoms with Gasteiger partial charge in [-0.05, 0) is 17.5 Å². The summed E-state index contributed by atoms with van der Waals surface area (Å²) in [6.45, 7) is 4.41. The van der Waals surface area contributed by atoms with E-state index in [1.54, 1.807) is 0 Å². The molecule has 2 heterocycles. The fourth-order valence-corrected chi connectivity index (χ4v) is 7.30. The molecule has 0 N–H and O–H groups in total. The van der Waals surface area contributed by atoms with Crippen molar-refractivity contribution in [3.8, 4) is 0 Å². The Morgan fingerprint density at radius 1 is 1.36 bits per heavy atom. The molecule has 0 aromatic heterocycles. The van der Waals surface area contributed by atoms with Gasteiger partial charge in [-0.15, -0.1) is 0 Å². The summed E-state index contributed by atoms with van der Waals surface area (Å²) < 4.78 is 24.0. The zero-order valence-corrected chi connectivity index (χ0v) is 16.6. The van der Waals surface area contributed by atoms with Crippen LogP contribution in [0.1, 0.15) is 25.8 Å². The molecule has 0 spiro atoms. The first kappa shape index (κ1) is 18.7. The third-order valence-electron chi connectivity index (χ3n) is 4.28. The molecule has 8 heteroatoms. The fourth-order valence-electron chi connectivity index (χ4n) is 3.13. The number of aliphatic imine (C=N–C) groups is 1. The van der Waals surface area contributed by atoms with Gasteiger partial charge in [0.05, 0.1) is 17.5 Å². The van der Waals surface area contributed by atoms with E-state index in [-0.39, 0.29) is 34.6 Å². The largest absolute Gasteiger partial charge is 0.342 e. The normalized spacial score (nSPS) is 26.4. The number of thioether (sulfide) groups is 1. The van der Waals surface area contributed by atoms with E-state index in [1.807, 2.05) is 43.0 Å². The zero-order chi connectivity index (χ0) is 18.2. The highest BCUT2D eigenvalue weighted by Crippen LogP contribution is 2.39. The Balaban J connectivity index is 1.88. The van der Waals surface area contributed by atoms with Crippen molar-refractivity contribution in [2.24, 2.45) is 10.9 Å². The van der Waals surface area contributed by atoms with Gasteiger partial charge < -0.3 is 4.90 Å². The number of carbonyl (C=O) groups excluding carboxylic acids is 1. The van der Waals surface area contributed by atoms with Crippen molar-refractivity contribution in [3.05, 3.63) is 34.9 Å². The summed E-state index contributed by atoms with van der Waals surface area (Å²) in [5.41, 5.74) is 0.902. The van der Waals surface area contributed by atoms with E-state index in [0.29, 0.717) is 23.2 Å². The lowest BCUT2D eigenvalue weighted by atomic mass is 10.1. The summed E-state index contributed by atoms with van der Waals surface area (Å²) >= 11 is 7.67. The molecular formula is C17H21ClN2O3S2. The number of benzene rings is 1. The van der Waals surface area contributed by atoms with Crippen molar-refractivity contribution >= 4 is 44.3 Å². The van der Waals surface area contributed by atoms with Crippen molar-refractivity contribution in [1.29, 1.82) is 0 Å². The minimum Gasteiger partial charge on any atom is -0.342 e. The average molecular weight is 401 g/mol. The third-order valence-corrected chi connectivity index (χ3v) is 7.89. The summed E-state index contributed by atoms with van der Waals surface area (Å²) in [6, 6.07) is 7.32. The fraction of sp³-hybridized carbons (Fsp3) is 0.529. The Hall–Kier alpha value is -1.05. The molecule has 2 aliphatic heterocycles. The number of amidine groups is 1. The van der Waals surface area contributed by atoms with Gasteiger partial charge in [0.2, 0.25) is 5.91 Å². The highest BCUT2D eigenvalue weighted by Gasteiger charge is 2.48. The van der Waals surface area contributed by atoms with Crippen LogP contribution in [0.2, 0.25) is 5.02 Å². The minimum atomic E-state index is -3.05. The van der Waals surface area contributed by atoms with Crippen LogP contribution in [0.15, 0.2) is 29.3 Å². The predicted molar refractivity (Wildman–Crippen MR) is 103 cm³/mol. The second-order valence-electron chi connectivity index (χ2n) is 6.91. The topological polar surface area (TPSA) is 66.8 Å². The number of hydrogen-bond donors (Lipinski definition) is 0. The van der Waals surface area contributed by atoms with E-state index < -0.39 is 9.84 Å².